The van der Waals surface area contributed by atoms with Gasteiger partial charge in [0.25, 0.3) is 0 Å². The number of alkyl halides is 1. The van der Waals surface area contributed by atoms with E-state index in [0.29, 0.717) is 31.5 Å². The van der Waals surface area contributed by atoms with Crippen molar-refractivity contribution < 1.29 is 9.47 Å². The number of halogens is 1. The van der Waals surface area contributed by atoms with Crippen molar-refractivity contribution in [3.05, 3.63) is 12.4 Å². The Morgan fingerprint density at radius 2 is 2.31 bits per heavy atom. The molecular formula is C10H16ClN3O2. The number of nitrogens with one attached hydrogen (secondary N) is 1. The Morgan fingerprint density at radius 3 is 3.00 bits per heavy atom. The maximum atomic E-state index is 5.96. The molecule has 0 aliphatic carbocycles. The lowest BCUT2D eigenvalue weighted by molar-refractivity contribution is 0.200. The number of hydrogen-bond acceptors (Lipinski definition) is 5. The van der Waals surface area contributed by atoms with Crippen LogP contribution in [0.3, 0.4) is 0 Å². The van der Waals surface area contributed by atoms with Gasteiger partial charge < -0.3 is 14.8 Å². The van der Waals surface area contributed by atoms with Gasteiger partial charge in [-0.05, 0) is 6.92 Å². The SMILES string of the molecule is CCOc1cncc(NCC(Cl)COC)n1. The molecule has 1 N–H and O–H groups in total. The summed E-state index contributed by atoms with van der Waals surface area (Å²) >= 11 is 5.96. The average molecular weight is 246 g/mol. The maximum absolute atomic E-state index is 5.96. The van der Waals surface area contributed by atoms with E-state index in [-0.39, 0.29) is 5.38 Å². The molecule has 16 heavy (non-hydrogen) atoms. The van der Waals surface area contributed by atoms with Crippen LogP contribution >= 0.6 is 11.6 Å². The fourth-order valence-electron chi connectivity index (χ4n) is 1.11. The lowest BCUT2D eigenvalue weighted by atomic mass is 10.4. The molecule has 0 saturated heterocycles. The van der Waals surface area contributed by atoms with Crippen LogP contribution in [0.15, 0.2) is 12.4 Å². The van der Waals surface area contributed by atoms with E-state index >= 15 is 0 Å². The molecule has 0 amide bonds. The summed E-state index contributed by atoms with van der Waals surface area (Å²) in [7, 11) is 1.62. The summed E-state index contributed by atoms with van der Waals surface area (Å²) in [5.41, 5.74) is 0. The Morgan fingerprint density at radius 1 is 1.50 bits per heavy atom. The molecule has 0 saturated carbocycles. The van der Waals surface area contributed by atoms with E-state index < -0.39 is 0 Å². The molecule has 90 valence electrons. The molecule has 0 bridgehead atoms. The van der Waals surface area contributed by atoms with E-state index in [1.165, 1.54) is 0 Å². The van der Waals surface area contributed by atoms with Crippen LogP contribution in [0.1, 0.15) is 6.92 Å². The smallest absolute Gasteiger partial charge is 0.234 e. The highest BCUT2D eigenvalue weighted by Crippen LogP contribution is 2.09. The predicted octanol–water partition coefficient (Wildman–Crippen LogP) is 1.54. The highest BCUT2D eigenvalue weighted by atomic mass is 35.5. The molecule has 0 aliphatic rings. The zero-order valence-corrected chi connectivity index (χ0v) is 10.2. The number of hydrogen-bond donors (Lipinski definition) is 1. The van der Waals surface area contributed by atoms with E-state index in [0.717, 1.165) is 0 Å². The Balaban J connectivity index is 2.44. The van der Waals surface area contributed by atoms with Crippen LogP contribution in [0.25, 0.3) is 0 Å². The number of methoxy groups -OCH3 is 1. The third-order valence-corrected chi connectivity index (χ3v) is 2.04. The fourth-order valence-corrected chi connectivity index (χ4v) is 1.31. The molecule has 0 aliphatic heterocycles. The summed E-state index contributed by atoms with van der Waals surface area (Å²) in [6.45, 7) is 3.53. The minimum absolute atomic E-state index is 0.0949. The first-order valence-corrected chi connectivity index (χ1v) is 5.51. The second-order valence-electron chi connectivity index (χ2n) is 3.11. The highest BCUT2D eigenvalue weighted by molar-refractivity contribution is 6.21. The summed E-state index contributed by atoms with van der Waals surface area (Å²) in [5.74, 6) is 1.15. The van der Waals surface area contributed by atoms with Gasteiger partial charge in [0, 0.05) is 13.7 Å². The Labute approximate surface area is 100 Å². The van der Waals surface area contributed by atoms with Crippen LogP contribution in [0, 0.1) is 0 Å². The monoisotopic (exact) mass is 245 g/mol. The normalized spacial score (nSPS) is 12.2. The van der Waals surface area contributed by atoms with E-state index in [2.05, 4.69) is 15.3 Å². The van der Waals surface area contributed by atoms with Crippen molar-refractivity contribution in [2.24, 2.45) is 0 Å². The minimum atomic E-state index is -0.0949. The molecule has 1 aromatic rings. The number of rotatable bonds is 7. The topological polar surface area (TPSA) is 56.3 Å². The van der Waals surface area contributed by atoms with Crippen LogP contribution in [-0.2, 0) is 4.74 Å². The zero-order valence-electron chi connectivity index (χ0n) is 9.44. The van der Waals surface area contributed by atoms with Crippen LogP contribution in [0.4, 0.5) is 5.82 Å². The summed E-state index contributed by atoms with van der Waals surface area (Å²) in [5, 5.41) is 2.97. The highest BCUT2D eigenvalue weighted by Gasteiger charge is 2.04. The molecule has 1 unspecified atom stereocenters. The van der Waals surface area contributed by atoms with Crippen molar-refractivity contribution in [2.45, 2.75) is 12.3 Å². The molecule has 5 nitrogen and oxygen atoms in total. The summed E-state index contributed by atoms with van der Waals surface area (Å²) in [6.07, 6.45) is 3.20. The molecular weight excluding hydrogens is 230 g/mol. The first-order chi connectivity index (χ1) is 7.76. The molecule has 0 radical (unpaired) electrons. The molecule has 6 heteroatoms. The largest absolute Gasteiger partial charge is 0.477 e. The van der Waals surface area contributed by atoms with Gasteiger partial charge in [0.2, 0.25) is 5.88 Å². The van der Waals surface area contributed by atoms with Gasteiger partial charge in [-0.25, -0.2) is 0 Å². The third kappa shape index (κ3) is 4.63. The van der Waals surface area contributed by atoms with Gasteiger partial charge in [-0.2, -0.15) is 4.98 Å². The number of nitrogens with zero attached hydrogens (tertiary/aromatic N) is 2. The molecule has 1 aromatic heterocycles. The molecule has 1 heterocycles. The molecule has 1 atom stereocenters. The predicted molar refractivity (Wildman–Crippen MR) is 63.2 cm³/mol. The lowest BCUT2D eigenvalue weighted by Gasteiger charge is -2.10. The Kier molecular flexibility index (Phi) is 5.88. The van der Waals surface area contributed by atoms with Crippen LogP contribution in [-0.4, -0.2) is 42.2 Å². The molecule has 0 spiro atoms. The van der Waals surface area contributed by atoms with Gasteiger partial charge in [-0.1, -0.05) is 0 Å². The standard InChI is InChI=1S/C10H16ClN3O2/c1-3-16-10-6-12-5-9(14-10)13-4-8(11)7-15-2/h5-6,8H,3-4,7H2,1-2H3,(H,13,14). The van der Waals surface area contributed by atoms with Gasteiger partial charge in [0.05, 0.1) is 31.0 Å². The number of anilines is 1. The van der Waals surface area contributed by atoms with E-state index in [9.17, 15) is 0 Å². The van der Waals surface area contributed by atoms with Crippen molar-refractivity contribution in [1.29, 1.82) is 0 Å². The van der Waals surface area contributed by atoms with Crippen molar-refractivity contribution in [3.8, 4) is 5.88 Å². The van der Waals surface area contributed by atoms with Gasteiger partial charge in [-0.15, -0.1) is 11.6 Å². The molecule has 0 aromatic carbocycles. The van der Waals surface area contributed by atoms with E-state index in [4.69, 9.17) is 21.1 Å². The fraction of sp³-hybridized carbons (Fsp3) is 0.600. The first-order valence-electron chi connectivity index (χ1n) is 5.08. The quantitative estimate of drug-likeness (QED) is 0.739. The average Bonchev–Trinajstić information content (AvgIpc) is 2.28. The molecule has 0 fully saturated rings. The van der Waals surface area contributed by atoms with Crippen molar-refractivity contribution in [3.63, 3.8) is 0 Å². The maximum Gasteiger partial charge on any atom is 0.234 e. The second kappa shape index (κ2) is 7.24. The summed E-state index contributed by atoms with van der Waals surface area (Å²) in [6, 6.07) is 0. The third-order valence-electron chi connectivity index (χ3n) is 1.76. The second-order valence-corrected chi connectivity index (χ2v) is 3.73. The van der Waals surface area contributed by atoms with Crippen molar-refractivity contribution in [1.82, 2.24) is 9.97 Å². The Hall–Kier alpha value is -1.07. The van der Waals surface area contributed by atoms with Crippen molar-refractivity contribution in [2.75, 3.05) is 32.2 Å². The number of aromatic nitrogens is 2. The van der Waals surface area contributed by atoms with Gasteiger partial charge >= 0.3 is 0 Å². The van der Waals surface area contributed by atoms with E-state index in [1.54, 1.807) is 19.5 Å². The minimum Gasteiger partial charge on any atom is -0.477 e. The summed E-state index contributed by atoms with van der Waals surface area (Å²) in [4.78, 5) is 8.20. The van der Waals surface area contributed by atoms with Gasteiger partial charge in [-0.3, -0.25) is 4.98 Å². The van der Waals surface area contributed by atoms with Crippen LogP contribution in [0.5, 0.6) is 5.88 Å². The lowest BCUT2D eigenvalue weighted by Crippen LogP contribution is -2.19. The van der Waals surface area contributed by atoms with Gasteiger partial charge in [0.1, 0.15) is 5.82 Å². The van der Waals surface area contributed by atoms with Crippen molar-refractivity contribution >= 4 is 17.4 Å². The zero-order chi connectivity index (χ0) is 11.8. The number of ether oxygens (including phenoxy) is 2. The molecule has 1 rings (SSSR count). The summed E-state index contributed by atoms with van der Waals surface area (Å²) < 4.78 is 10.2. The first kappa shape index (κ1) is 13.0. The van der Waals surface area contributed by atoms with Gasteiger partial charge in [0.15, 0.2) is 0 Å². The van der Waals surface area contributed by atoms with Crippen LogP contribution in [0.2, 0.25) is 0 Å². The Bertz CT molecular complexity index is 312. The van der Waals surface area contributed by atoms with Crippen LogP contribution < -0.4 is 10.1 Å². The van der Waals surface area contributed by atoms with E-state index in [1.807, 2.05) is 6.92 Å².